The molecule has 0 bridgehead atoms. The summed E-state index contributed by atoms with van der Waals surface area (Å²) in [5.41, 5.74) is 0.454. The SMILES string of the molecule is O=C(CSc1ccccn1)Nc1ccc([N+](=O)[O-])cc1Br. The van der Waals surface area contributed by atoms with Crippen molar-refractivity contribution in [3.63, 3.8) is 0 Å². The number of thioether (sulfide) groups is 1. The van der Waals surface area contributed by atoms with Crippen LogP contribution in [-0.4, -0.2) is 21.6 Å². The smallest absolute Gasteiger partial charge is 0.270 e. The minimum Gasteiger partial charge on any atom is -0.324 e. The number of hydrogen-bond acceptors (Lipinski definition) is 5. The van der Waals surface area contributed by atoms with Gasteiger partial charge in [-0.15, -0.1) is 0 Å². The number of carbonyl (C=O) groups excluding carboxylic acids is 1. The third-order valence-electron chi connectivity index (χ3n) is 2.43. The number of non-ortho nitro benzene ring substituents is 1. The van der Waals surface area contributed by atoms with Gasteiger partial charge in [-0.2, -0.15) is 0 Å². The van der Waals surface area contributed by atoms with Gasteiger partial charge >= 0.3 is 0 Å². The van der Waals surface area contributed by atoms with E-state index in [4.69, 9.17) is 0 Å². The van der Waals surface area contributed by atoms with E-state index in [0.29, 0.717) is 10.2 Å². The summed E-state index contributed by atoms with van der Waals surface area (Å²) in [6.45, 7) is 0. The number of nitrogens with one attached hydrogen (secondary N) is 1. The van der Waals surface area contributed by atoms with Gasteiger partial charge in [0.1, 0.15) is 0 Å². The maximum atomic E-state index is 11.8. The number of carbonyl (C=O) groups is 1. The first-order valence-corrected chi connectivity index (χ1v) is 7.62. The zero-order valence-electron chi connectivity index (χ0n) is 10.7. The van der Waals surface area contributed by atoms with Crippen LogP contribution in [-0.2, 0) is 4.79 Å². The fraction of sp³-hybridized carbons (Fsp3) is 0.0769. The second kappa shape index (κ2) is 7.19. The zero-order valence-corrected chi connectivity index (χ0v) is 13.1. The van der Waals surface area contributed by atoms with Gasteiger partial charge in [0.25, 0.3) is 5.69 Å². The Morgan fingerprint density at radius 3 is 2.81 bits per heavy atom. The summed E-state index contributed by atoms with van der Waals surface area (Å²) in [5.74, 6) is 0.000628. The van der Waals surface area contributed by atoms with Gasteiger partial charge in [0.15, 0.2) is 0 Å². The van der Waals surface area contributed by atoms with Gasteiger partial charge in [-0.05, 0) is 34.1 Å². The van der Waals surface area contributed by atoms with Gasteiger partial charge in [-0.1, -0.05) is 17.8 Å². The fourth-order valence-corrected chi connectivity index (χ4v) is 2.60. The largest absolute Gasteiger partial charge is 0.324 e. The lowest BCUT2D eigenvalue weighted by molar-refractivity contribution is -0.384. The normalized spacial score (nSPS) is 10.1. The summed E-state index contributed by atoms with van der Waals surface area (Å²) < 4.78 is 0.466. The molecule has 1 aromatic carbocycles. The number of anilines is 1. The Bertz CT molecular complexity index is 667. The van der Waals surface area contributed by atoms with E-state index in [0.717, 1.165) is 5.03 Å². The molecule has 0 atom stereocenters. The summed E-state index contributed by atoms with van der Waals surface area (Å²) in [7, 11) is 0. The quantitative estimate of drug-likeness (QED) is 0.496. The predicted molar refractivity (Wildman–Crippen MR) is 84.4 cm³/mol. The van der Waals surface area contributed by atoms with E-state index in [1.165, 1.54) is 30.0 Å². The highest BCUT2D eigenvalue weighted by Gasteiger charge is 2.11. The molecule has 0 fully saturated rings. The van der Waals surface area contributed by atoms with Gasteiger partial charge in [-0.3, -0.25) is 14.9 Å². The van der Waals surface area contributed by atoms with Crippen molar-refractivity contribution in [2.24, 2.45) is 0 Å². The van der Waals surface area contributed by atoms with Crippen LogP contribution in [0.4, 0.5) is 11.4 Å². The summed E-state index contributed by atoms with van der Waals surface area (Å²) in [4.78, 5) is 26.1. The monoisotopic (exact) mass is 367 g/mol. The molecule has 21 heavy (non-hydrogen) atoms. The molecule has 1 N–H and O–H groups in total. The summed E-state index contributed by atoms with van der Waals surface area (Å²) >= 11 is 4.52. The second-order valence-electron chi connectivity index (χ2n) is 3.93. The Morgan fingerprint density at radius 2 is 2.19 bits per heavy atom. The van der Waals surface area contributed by atoms with Crippen LogP contribution < -0.4 is 5.32 Å². The van der Waals surface area contributed by atoms with E-state index >= 15 is 0 Å². The second-order valence-corrected chi connectivity index (χ2v) is 5.78. The number of rotatable bonds is 5. The van der Waals surface area contributed by atoms with Crippen LogP contribution in [0.15, 0.2) is 52.1 Å². The van der Waals surface area contributed by atoms with E-state index in [-0.39, 0.29) is 17.3 Å². The van der Waals surface area contributed by atoms with Crippen LogP contribution in [0.5, 0.6) is 0 Å². The average Bonchev–Trinajstić information content (AvgIpc) is 2.48. The summed E-state index contributed by atoms with van der Waals surface area (Å²) in [6.07, 6.45) is 1.66. The average molecular weight is 368 g/mol. The molecular weight excluding hydrogens is 358 g/mol. The van der Waals surface area contributed by atoms with Crippen LogP contribution in [0, 0.1) is 10.1 Å². The van der Waals surface area contributed by atoms with Crippen molar-refractivity contribution in [3.05, 3.63) is 57.2 Å². The molecule has 0 aliphatic rings. The fourth-order valence-electron chi connectivity index (χ4n) is 1.48. The first-order chi connectivity index (χ1) is 10.1. The highest BCUT2D eigenvalue weighted by molar-refractivity contribution is 9.10. The van der Waals surface area contributed by atoms with Gasteiger partial charge in [0.05, 0.1) is 21.4 Å². The first kappa shape index (κ1) is 15.5. The molecule has 0 spiro atoms. The van der Waals surface area contributed by atoms with Gasteiger partial charge in [-0.25, -0.2) is 4.98 Å². The molecule has 8 heteroatoms. The lowest BCUT2D eigenvalue weighted by Crippen LogP contribution is -2.14. The van der Waals surface area contributed by atoms with Crippen molar-refractivity contribution in [1.82, 2.24) is 4.98 Å². The Morgan fingerprint density at radius 1 is 1.38 bits per heavy atom. The first-order valence-electron chi connectivity index (χ1n) is 5.84. The molecule has 0 saturated carbocycles. The zero-order chi connectivity index (χ0) is 15.2. The number of halogens is 1. The number of benzene rings is 1. The van der Waals surface area contributed by atoms with Gasteiger partial charge in [0.2, 0.25) is 5.91 Å². The number of amides is 1. The van der Waals surface area contributed by atoms with Crippen molar-refractivity contribution in [2.75, 3.05) is 11.1 Å². The maximum absolute atomic E-state index is 11.8. The summed E-state index contributed by atoms with van der Waals surface area (Å²) in [5, 5.41) is 14.1. The summed E-state index contributed by atoms with van der Waals surface area (Å²) in [6, 6.07) is 9.65. The molecule has 0 aliphatic carbocycles. The lowest BCUT2D eigenvalue weighted by atomic mass is 10.3. The number of aromatic nitrogens is 1. The van der Waals surface area contributed by atoms with Crippen molar-refractivity contribution >= 4 is 45.0 Å². The van der Waals surface area contributed by atoms with E-state index in [1.54, 1.807) is 12.3 Å². The van der Waals surface area contributed by atoms with Crippen LogP contribution in [0.25, 0.3) is 0 Å². The molecule has 1 amide bonds. The molecule has 0 radical (unpaired) electrons. The number of nitro groups is 1. The van der Waals surface area contributed by atoms with Crippen molar-refractivity contribution < 1.29 is 9.72 Å². The van der Waals surface area contributed by atoms with E-state index in [9.17, 15) is 14.9 Å². The topological polar surface area (TPSA) is 85.1 Å². The molecule has 2 aromatic rings. The number of nitro benzene ring substituents is 1. The molecule has 6 nitrogen and oxygen atoms in total. The predicted octanol–water partition coefficient (Wildman–Crippen LogP) is 3.48. The van der Waals surface area contributed by atoms with E-state index in [2.05, 4.69) is 26.2 Å². The Balaban J connectivity index is 1.95. The van der Waals surface area contributed by atoms with Crippen molar-refractivity contribution in [3.8, 4) is 0 Å². The Labute approximate surface area is 133 Å². The Hall–Kier alpha value is -1.93. The van der Waals surface area contributed by atoms with E-state index < -0.39 is 4.92 Å². The van der Waals surface area contributed by atoms with Crippen molar-refractivity contribution in [1.29, 1.82) is 0 Å². The molecule has 0 unspecified atom stereocenters. The van der Waals surface area contributed by atoms with Crippen LogP contribution >= 0.6 is 27.7 Å². The molecular formula is C13H10BrN3O3S. The minimum atomic E-state index is -0.493. The molecule has 2 rings (SSSR count). The highest BCUT2D eigenvalue weighted by Crippen LogP contribution is 2.27. The van der Waals surface area contributed by atoms with Gasteiger partial charge < -0.3 is 5.32 Å². The lowest BCUT2D eigenvalue weighted by Gasteiger charge is -2.07. The number of hydrogen-bond donors (Lipinski definition) is 1. The molecule has 0 saturated heterocycles. The molecule has 1 aromatic heterocycles. The Kier molecular flexibility index (Phi) is 5.29. The number of nitrogens with zero attached hydrogens (tertiary/aromatic N) is 2. The maximum Gasteiger partial charge on any atom is 0.270 e. The minimum absolute atomic E-state index is 0.0391. The van der Waals surface area contributed by atoms with Crippen LogP contribution in [0.1, 0.15) is 0 Å². The number of pyridine rings is 1. The third kappa shape index (κ3) is 4.54. The van der Waals surface area contributed by atoms with Crippen LogP contribution in [0.3, 0.4) is 0 Å². The standard InChI is InChI=1S/C13H10BrN3O3S/c14-10-7-9(17(19)20)4-5-11(10)16-12(18)8-21-13-3-1-2-6-15-13/h1-7H,8H2,(H,16,18). The molecule has 0 aliphatic heterocycles. The van der Waals surface area contributed by atoms with Crippen LogP contribution in [0.2, 0.25) is 0 Å². The molecule has 1 heterocycles. The highest BCUT2D eigenvalue weighted by atomic mass is 79.9. The third-order valence-corrected chi connectivity index (χ3v) is 4.03. The van der Waals surface area contributed by atoms with Crippen molar-refractivity contribution in [2.45, 2.75) is 5.03 Å². The van der Waals surface area contributed by atoms with E-state index in [1.807, 2.05) is 12.1 Å². The molecule has 108 valence electrons. The van der Waals surface area contributed by atoms with Gasteiger partial charge in [0, 0.05) is 22.8 Å².